The van der Waals surface area contributed by atoms with Crippen molar-refractivity contribution < 1.29 is 19.2 Å². The molecule has 0 bridgehead atoms. The lowest BCUT2D eigenvalue weighted by Crippen LogP contribution is -2.35. The summed E-state index contributed by atoms with van der Waals surface area (Å²) in [6.45, 7) is 5.02. The van der Waals surface area contributed by atoms with Crippen LogP contribution in [0.25, 0.3) is 0 Å². The van der Waals surface area contributed by atoms with Gasteiger partial charge < -0.3 is 4.74 Å². The van der Waals surface area contributed by atoms with E-state index in [1.165, 1.54) is 5.06 Å². The third kappa shape index (κ3) is 4.47. The Morgan fingerprint density at radius 3 is 2.71 bits per heavy atom. The van der Waals surface area contributed by atoms with Gasteiger partial charge in [0.2, 0.25) is 0 Å². The Kier molecular flexibility index (Phi) is 7.03. The van der Waals surface area contributed by atoms with Crippen LogP contribution in [-0.4, -0.2) is 34.5 Å². The summed E-state index contributed by atoms with van der Waals surface area (Å²) in [5.74, 6) is -0.123. The molecule has 1 heterocycles. The number of benzene rings is 1. The topological polar surface area (TPSA) is 55.8 Å². The van der Waals surface area contributed by atoms with E-state index >= 15 is 0 Å². The van der Waals surface area contributed by atoms with E-state index in [0.717, 1.165) is 9.99 Å². The molecule has 0 saturated carbocycles. The predicted molar refractivity (Wildman–Crippen MR) is 99.3 cm³/mol. The number of hydroxylamine groups is 2. The first-order valence-electron chi connectivity index (χ1n) is 8.21. The van der Waals surface area contributed by atoms with Gasteiger partial charge in [-0.1, -0.05) is 59.8 Å². The first-order valence-corrected chi connectivity index (χ1v) is 9.74. The molecular weight excluding hydrogens is 421 g/mol. The first-order chi connectivity index (χ1) is 11.5. The third-order valence-corrected chi connectivity index (χ3v) is 5.64. The summed E-state index contributed by atoms with van der Waals surface area (Å²) in [4.78, 5) is 30.2. The second-order valence-electron chi connectivity index (χ2n) is 6.20. The molecule has 1 fully saturated rings. The fraction of sp³-hybridized carbons (Fsp3) is 0.556. The zero-order valence-electron chi connectivity index (χ0n) is 14.2. The van der Waals surface area contributed by atoms with Crippen molar-refractivity contribution in [2.24, 2.45) is 11.3 Å². The van der Waals surface area contributed by atoms with Crippen molar-refractivity contribution in [1.29, 1.82) is 0 Å². The number of rotatable bonds is 8. The highest BCUT2D eigenvalue weighted by Gasteiger charge is 2.50. The Morgan fingerprint density at radius 2 is 2.08 bits per heavy atom. The molecule has 24 heavy (non-hydrogen) atoms. The van der Waals surface area contributed by atoms with Crippen molar-refractivity contribution >= 4 is 34.5 Å². The van der Waals surface area contributed by atoms with Crippen LogP contribution >= 0.6 is 22.6 Å². The Morgan fingerprint density at radius 1 is 1.38 bits per heavy atom. The molecule has 0 N–H and O–H groups in total. The number of esters is 1. The number of alkyl halides is 1. The van der Waals surface area contributed by atoms with Gasteiger partial charge in [0.15, 0.2) is 0 Å². The van der Waals surface area contributed by atoms with Gasteiger partial charge in [-0.15, -0.1) is 0 Å². The number of amides is 1. The van der Waals surface area contributed by atoms with Crippen LogP contribution in [0.3, 0.4) is 0 Å². The molecule has 1 aliphatic rings. The van der Waals surface area contributed by atoms with Crippen LogP contribution in [0.4, 0.5) is 0 Å². The summed E-state index contributed by atoms with van der Waals surface area (Å²) in [5.41, 5.74) is 0.446. The van der Waals surface area contributed by atoms with Gasteiger partial charge in [-0.25, -0.2) is 5.06 Å². The molecule has 1 saturated heterocycles. The lowest BCUT2D eigenvalue weighted by molar-refractivity contribution is -0.187. The summed E-state index contributed by atoms with van der Waals surface area (Å²) < 4.78 is 5.83. The van der Waals surface area contributed by atoms with Gasteiger partial charge in [0.05, 0.1) is 18.6 Å². The fourth-order valence-electron chi connectivity index (χ4n) is 2.91. The Hall–Kier alpha value is -1.15. The van der Waals surface area contributed by atoms with E-state index in [0.29, 0.717) is 26.2 Å². The minimum absolute atomic E-state index is 0.0376. The molecule has 132 valence electrons. The van der Waals surface area contributed by atoms with Crippen molar-refractivity contribution in [2.75, 3.05) is 17.6 Å². The molecule has 0 unspecified atom stereocenters. The molecule has 2 atom stereocenters. The summed E-state index contributed by atoms with van der Waals surface area (Å²) in [7, 11) is 0. The van der Waals surface area contributed by atoms with Gasteiger partial charge in [0.25, 0.3) is 5.91 Å². The molecular formula is C18H24INO4. The molecule has 0 radical (unpaired) electrons. The maximum atomic E-state index is 12.8. The van der Waals surface area contributed by atoms with E-state index in [1.54, 1.807) is 6.92 Å². The average Bonchev–Trinajstić information content (AvgIpc) is 2.84. The zero-order valence-corrected chi connectivity index (χ0v) is 16.3. The van der Waals surface area contributed by atoms with Crippen LogP contribution in [0, 0.1) is 11.3 Å². The fourth-order valence-corrected chi connectivity index (χ4v) is 4.16. The second kappa shape index (κ2) is 8.80. The maximum Gasteiger partial charge on any atom is 0.305 e. The van der Waals surface area contributed by atoms with Crippen LogP contribution < -0.4 is 0 Å². The smallest absolute Gasteiger partial charge is 0.305 e. The number of nitrogens with zero attached hydrogens (tertiary/aromatic N) is 1. The van der Waals surface area contributed by atoms with Crippen molar-refractivity contribution in [2.45, 2.75) is 33.3 Å². The number of carbonyl (C=O) groups is 2. The van der Waals surface area contributed by atoms with Gasteiger partial charge >= 0.3 is 5.97 Å². The highest BCUT2D eigenvalue weighted by molar-refractivity contribution is 14.1. The first kappa shape index (κ1) is 19.2. The molecule has 1 amide bonds. The molecule has 1 aliphatic heterocycles. The molecule has 1 aromatic rings. The molecule has 0 aromatic heterocycles. The minimum Gasteiger partial charge on any atom is -0.466 e. The summed E-state index contributed by atoms with van der Waals surface area (Å²) in [6, 6.07) is 9.78. The molecule has 6 heteroatoms. The van der Waals surface area contributed by atoms with Crippen LogP contribution in [0.15, 0.2) is 30.3 Å². The average molecular weight is 445 g/mol. The highest BCUT2D eigenvalue weighted by atomic mass is 127. The number of hydrogen-bond donors (Lipinski definition) is 0. The summed E-state index contributed by atoms with van der Waals surface area (Å²) in [5, 5.41) is 1.47. The molecule has 5 nitrogen and oxygen atoms in total. The van der Waals surface area contributed by atoms with Crippen molar-refractivity contribution in [3.63, 3.8) is 0 Å². The summed E-state index contributed by atoms with van der Waals surface area (Å²) in [6.07, 6.45) is 0.749. The van der Waals surface area contributed by atoms with Crippen LogP contribution in [0.2, 0.25) is 0 Å². The van der Waals surface area contributed by atoms with Crippen LogP contribution in [0.1, 0.15) is 32.3 Å². The van der Waals surface area contributed by atoms with Gasteiger partial charge in [0, 0.05) is 16.8 Å². The van der Waals surface area contributed by atoms with Crippen LogP contribution in [-0.2, 0) is 25.8 Å². The van der Waals surface area contributed by atoms with Gasteiger partial charge in [0.1, 0.15) is 6.61 Å². The van der Waals surface area contributed by atoms with E-state index in [9.17, 15) is 9.59 Å². The number of hydrogen-bond acceptors (Lipinski definition) is 4. The lowest BCUT2D eigenvalue weighted by atomic mass is 9.77. The van der Waals surface area contributed by atoms with Crippen LogP contribution in [0.5, 0.6) is 0 Å². The van der Waals surface area contributed by atoms with Gasteiger partial charge in [-0.3, -0.25) is 14.4 Å². The third-order valence-electron chi connectivity index (χ3n) is 4.57. The van der Waals surface area contributed by atoms with Crippen molar-refractivity contribution in [3.8, 4) is 0 Å². The Bertz CT molecular complexity index is 565. The van der Waals surface area contributed by atoms with E-state index in [1.807, 2.05) is 37.3 Å². The molecule has 1 aromatic carbocycles. The van der Waals surface area contributed by atoms with E-state index in [2.05, 4.69) is 22.6 Å². The van der Waals surface area contributed by atoms with Gasteiger partial charge in [-0.05, 0) is 18.9 Å². The normalized spacial score (nSPS) is 23.5. The Balaban J connectivity index is 1.98. The quantitative estimate of drug-likeness (QED) is 0.350. The number of halogens is 1. The second-order valence-corrected chi connectivity index (χ2v) is 7.08. The largest absolute Gasteiger partial charge is 0.466 e. The van der Waals surface area contributed by atoms with Gasteiger partial charge in [-0.2, -0.15) is 0 Å². The maximum absolute atomic E-state index is 12.8. The predicted octanol–water partition coefficient (Wildman–Crippen LogP) is 3.36. The van der Waals surface area contributed by atoms with Crippen molar-refractivity contribution in [1.82, 2.24) is 5.06 Å². The van der Waals surface area contributed by atoms with Crippen molar-refractivity contribution in [3.05, 3.63) is 35.9 Å². The molecule has 0 spiro atoms. The molecule has 0 aliphatic carbocycles. The van der Waals surface area contributed by atoms with E-state index in [-0.39, 0.29) is 24.2 Å². The zero-order chi connectivity index (χ0) is 17.6. The number of carbonyl (C=O) groups excluding carboxylic acids is 2. The van der Waals surface area contributed by atoms with E-state index in [4.69, 9.17) is 9.57 Å². The minimum atomic E-state index is -0.579. The number of ether oxygens (including phenoxy) is 1. The molecule has 2 rings (SSSR count). The highest BCUT2D eigenvalue weighted by Crippen LogP contribution is 2.42. The van der Waals surface area contributed by atoms with E-state index < -0.39 is 5.41 Å². The lowest BCUT2D eigenvalue weighted by Gasteiger charge is -2.26. The summed E-state index contributed by atoms with van der Waals surface area (Å²) >= 11 is 2.30. The monoisotopic (exact) mass is 445 g/mol. The SMILES string of the molecule is CCOC(=O)CC[C@]1(C)C(=O)N(OCc2ccccc2)C[C@@H]1CI. The standard InChI is InChI=1S/C18H24INO4/c1-3-23-16(21)9-10-18(2)15(11-19)12-20(17(18)22)24-13-14-7-5-4-6-8-14/h4-8,15H,3,9-13H2,1-2H3/t15-,18-/m0/s1. The Labute approximate surface area is 156 Å².